The van der Waals surface area contributed by atoms with Gasteiger partial charge in [-0.15, -0.1) is 0 Å². The molecule has 0 bridgehead atoms. The minimum absolute atomic E-state index is 0.0194. The van der Waals surface area contributed by atoms with E-state index >= 15 is 0 Å². The molecule has 0 saturated carbocycles. The van der Waals surface area contributed by atoms with Crippen LogP contribution in [0.15, 0.2) is 48.5 Å². The van der Waals surface area contributed by atoms with Crippen molar-refractivity contribution < 1.29 is 14.3 Å². The smallest absolute Gasteiger partial charge is 0.193 e. The van der Waals surface area contributed by atoms with Gasteiger partial charge in [0.05, 0.1) is 13.7 Å². The Morgan fingerprint density at radius 1 is 1.00 bits per heavy atom. The van der Waals surface area contributed by atoms with Crippen molar-refractivity contribution in [1.82, 2.24) is 0 Å². The summed E-state index contributed by atoms with van der Waals surface area (Å²) >= 11 is 0. The highest BCUT2D eigenvalue weighted by Crippen LogP contribution is 2.18. The molecule has 0 aromatic heterocycles. The first-order valence-corrected chi connectivity index (χ1v) is 7.16. The van der Waals surface area contributed by atoms with Crippen molar-refractivity contribution in [3.05, 3.63) is 59.7 Å². The fraction of sp³-hybridized carbons (Fsp3) is 0.278. The molecular formula is C18H20O3. The van der Waals surface area contributed by atoms with Gasteiger partial charge in [-0.1, -0.05) is 25.5 Å². The molecule has 0 radical (unpaired) electrons. The van der Waals surface area contributed by atoms with Crippen LogP contribution in [0.1, 0.15) is 35.7 Å². The highest BCUT2D eigenvalue weighted by Gasteiger charge is 2.09. The Morgan fingerprint density at radius 2 is 1.76 bits per heavy atom. The van der Waals surface area contributed by atoms with E-state index in [1.54, 1.807) is 31.4 Å². The molecule has 0 N–H and O–H groups in total. The third kappa shape index (κ3) is 4.09. The Hall–Kier alpha value is -2.29. The van der Waals surface area contributed by atoms with Crippen molar-refractivity contribution in [3.8, 4) is 11.5 Å². The summed E-state index contributed by atoms with van der Waals surface area (Å²) in [4.78, 5) is 12.4. The number of unbranched alkanes of at least 4 members (excludes halogenated alkanes) is 1. The van der Waals surface area contributed by atoms with Crippen LogP contribution in [0.5, 0.6) is 11.5 Å². The quantitative estimate of drug-likeness (QED) is 0.567. The summed E-state index contributed by atoms with van der Waals surface area (Å²) in [6.07, 6.45) is 2.14. The zero-order valence-electron chi connectivity index (χ0n) is 12.5. The van der Waals surface area contributed by atoms with Crippen molar-refractivity contribution >= 4 is 5.78 Å². The van der Waals surface area contributed by atoms with E-state index in [1.165, 1.54) is 0 Å². The molecule has 0 aliphatic carbocycles. The Balaban J connectivity index is 2.08. The highest BCUT2D eigenvalue weighted by molar-refractivity contribution is 6.09. The standard InChI is InChI=1S/C18H20O3/c1-3-4-12-21-16-10-8-14(9-11-16)18(19)15-6-5-7-17(13-15)20-2/h5-11,13H,3-4,12H2,1-2H3. The van der Waals surface area contributed by atoms with Crippen LogP contribution >= 0.6 is 0 Å². The molecule has 21 heavy (non-hydrogen) atoms. The number of carbonyl (C=O) groups excluding carboxylic acids is 1. The number of ketones is 1. The van der Waals surface area contributed by atoms with Gasteiger partial charge in [-0.05, 0) is 42.8 Å². The largest absolute Gasteiger partial charge is 0.497 e. The van der Waals surface area contributed by atoms with E-state index in [0.29, 0.717) is 23.5 Å². The van der Waals surface area contributed by atoms with Gasteiger partial charge in [0.1, 0.15) is 11.5 Å². The van der Waals surface area contributed by atoms with Gasteiger partial charge in [-0.3, -0.25) is 4.79 Å². The molecule has 2 aromatic carbocycles. The molecule has 0 heterocycles. The van der Waals surface area contributed by atoms with E-state index in [2.05, 4.69) is 6.92 Å². The molecule has 2 aromatic rings. The van der Waals surface area contributed by atoms with Crippen LogP contribution in [0.3, 0.4) is 0 Å². The maximum Gasteiger partial charge on any atom is 0.193 e. The van der Waals surface area contributed by atoms with Gasteiger partial charge in [-0.2, -0.15) is 0 Å². The molecule has 110 valence electrons. The molecule has 3 heteroatoms. The van der Waals surface area contributed by atoms with Crippen molar-refractivity contribution in [2.24, 2.45) is 0 Å². The summed E-state index contributed by atoms with van der Waals surface area (Å²) in [6.45, 7) is 2.83. The summed E-state index contributed by atoms with van der Waals surface area (Å²) in [7, 11) is 1.59. The van der Waals surface area contributed by atoms with Crippen LogP contribution < -0.4 is 9.47 Å². The molecule has 0 unspecified atom stereocenters. The molecular weight excluding hydrogens is 264 g/mol. The first kappa shape index (κ1) is 15.1. The summed E-state index contributed by atoms with van der Waals surface area (Å²) in [5, 5.41) is 0. The maximum absolute atomic E-state index is 12.4. The lowest BCUT2D eigenvalue weighted by Gasteiger charge is -2.07. The zero-order valence-corrected chi connectivity index (χ0v) is 12.5. The van der Waals surface area contributed by atoms with Crippen LogP contribution in [-0.4, -0.2) is 19.5 Å². The molecule has 0 spiro atoms. The average molecular weight is 284 g/mol. The van der Waals surface area contributed by atoms with E-state index in [9.17, 15) is 4.79 Å². The highest BCUT2D eigenvalue weighted by atomic mass is 16.5. The van der Waals surface area contributed by atoms with E-state index in [4.69, 9.17) is 9.47 Å². The van der Waals surface area contributed by atoms with Crippen LogP contribution in [0.4, 0.5) is 0 Å². The lowest BCUT2D eigenvalue weighted by atomic mass is 10.0. The summed E-state index contributed by atoms with van der Waals surface area (Å²) in [5.74, 6) is 1.46. The summed E-state index contributed by atoms with van der Waals surface area (Å²) in [5.41, 5.74) is 1.26. The van der Waals surface area contributed by atoms with E-state index < -0.39 is 0 Å². The minimum atomic E-state index is -0.0194. The van der Waals surface area contributed by atoms with E-state index in [1.807, 2.05) is 24.3 Å². The zero-order chi connectivity index (χ0) is 15.1. The number of hydrogen-bond donors (Lipinski definition) is 0. The molecule has 0 aliphatic heterocycles. The van der Waals surface area contributed by atoms with E-state index in [-0.39, 0.29) is 5.78 Å². The van der Waals surface area contributed by atoms with Crippen LogP contribution in [0.25, 0.3) is 0 Å². The summed E-state index contributed by atoms with van der Waals surface area (Å²) < 4.78 is 10.7. The van der Waals surface area contributed by atoms with Gasteiger partial charge in [0.2, 0.25) is 0 Å². The van der Waals surface area contributed by atoms with Gasteiger partial charge < -0.3 is 9.47 Å². The number of rotatable bonds is 7. The SMILES string of the molecule is CCCCOc1ccc(C(=O)c2cccc(OC)c2)cc1. The van der Waals surface area contributed by atoms with Gasteiger partial charge >= 0.3 is 0 Å². The van der Waals surface area contributed by atoms with Crippen LogP contribution in [0, 0.1) is 0 Å². The average Bonchev–Trinajstić information content (AvgIpc) is 2.55. The Kier molecular flexibility index (Phi) is 5.38. The lowest BCUT2D eigenvalue weighted by Crippen LogP contribution is -2.02. The second kappa shape index (κ2) is 7.48. The Bertz CT molecular complexity index is 588. The van der Waals surface area contributed by atoms with Crippen molar-refractivity contribution in [2.75, 3.05) is 13.7 Å². The molecule has 0 atom stereocenters. The molecule has 3 nitrogen and oxygen atoms in total. The molecule has 2 rings (SSSR count). The van der Waals surface area contributed by atoms with E-state index in [0.717, 1.165) is 18.6 Å². The number of methoxy groups -OCH3 is 1. The van der Waals surface area contributed by atoms with Gasteiger partial charge in [0.25, 0.3) is 0 Å². The molecule has 0 aliphatic rings. The van der Waals surface area contributed by atoms with Crippen LogP contribution in [0.2, 0.25) is 0 Å². The van der Waals surface area contributed by atoms with Gasteiger partial charge in [-0.25, -0.2) is 0 Å². The third-order valence-corrected chi connectivity index (χ3v) is 3.22. The second-order valence-corrected chi connectivity index (χ2v) is 4.79. The number of benzene rings is 2. The molecule has 0 saturated heterocycles. The molecule has 0 amide bonds. The van der Waals surface area contributed by atoms with Gasteiger partial charge in [0.15, 0.2) is 5.78 Å². The normalized spacial score (nSPS) is 10.2. The number of carbonyl (C=O) groups is 1. The fourth-order valence-electron chi connectivity index (χ4n) is 1.97. The predicted octanol–water partition coefficient (Wildman–Crippen LogP) is 4.11. The van der Waals surface area contributed by atoms with Crippen molar-refractivity contribution in [3.63, 3.8) is 0 Å². The Morgan fingerprint density at radius 3 is 2.43 bits per heavy atom. The van der Waals surface area contributed by atoms with Crippen molar-refractivity contribution in [1.29, 1.82) is 0 Å². The lowest BCUT2D eigenvalue weighted by molar-refractivity contribution is 0.103. The fourth-order valence-corrected chi connectivity index (χ4v) is 1.97. The van der Waals surface area contributed by atoms with Crippen molar-refractivity contribution in [2.45, 2.75) is 19.8 Å². The molecule has 0 fully saturated rings. The maximum atomic E-state index is 12.4. The monoisotopic (exact) mass is 284 g/mol. The topological polar surface area (TPSA) is 35.5 Å². The minimum Gasteiger partial charge on any atom is -0.497 e. The first-order valence-electron chi connectivity index (χ1n) is 7.16. The van der Waals surface area contributed by atoms with Gasteiger partial charge in [0, 0.05) is 11.1 Å². The Labute approximate surface area is 125 Å². The summed E-state index contributed by atoms with van der Waals surface area (Å²) in [6, 6.07) is 14.4. The predicted molar refractivity (Wildman–Crippen MR) is 83.3 cm³/mol. The second-order valence-electron chi connectivity index (χ2n) is 4.79. The van der Waals surface area contributed by atoms with Crippen LogP contribution in [-0.2, 0) is 0 Å². The first-order chi connectivity index (χ1) is 10.2. The number of ether oxygens (including phenoxy) is 2. The number of hydrogen-bond acceptors (Lipinski definition) is 3. The third-order valence-electron chi connectivity index (χ3n) is 3.22.